The third kappa shape index (κ3) is 3.85. The van der Waals surface area contributed by atoms with Gasteiger partial charge in [-0.1, -0.05) is 0 Å². The third-order valence-corrected chi connectivity index (χ3v) is 2.74. The molecule has 0 unspecified atom stereocenters. The second kappa shape index (κ2) is 6.60. The molecule has 6 heteroatoms. The lowest BCUT2D eigenvalue weighted by Gasteiger charge is -2.06. The van der Waals surface area contributed by atoms with Crippen LogP contribution >= 0.6 is 0 Å². The van der Waals surface area contributed by atoms with Crippen LogP contribution in [-0.2, 0) is 11.3 Å². The number of furan rings is 1. The van der Waals surface area contributed by atoms with Crippen LogP contribution in [0.5, 0.6) is 0 Å². The number of anilines is 1. The Morgan fingerprint density at radius 3 is 2.48 bits per heavy atom. The zero-order valence-electron chi connectivity index (χ0n) is 11.5. The molecule has 1 aromatic carbocycles. The maximum absolute atomic E-state index is 11.5. The number of hydrogen-bond acceptors (Lipinski definition) is 5. The van der Waals surface area contributed by atoms with Crippen molar-refractivity contribution in [1.82, 2.24) is 0 Å². The Hall–Kier alpha value is -2.76. The number of aromatic carboxylic acids is 1. The number of esters is 1. The molecule has 2 aromatic rings. The highest BCUT2D eigenvalue weighted by molar-refractivity contribution is 5.89. The molecule has 0 aliphatic rings. The number of ether oxygens (including phenoxy) is 1. The van der Waals surface area contributed by atoms with Gasteiger partial charge < -0.3 is 19.6 Å². The lowest BCUT2D eigenvalue weighted by Crippen LogP contribution is -2.05. The molecule has 0 fully saturated rings. The zero-order valence-corrected chi connectivity index (χ0v) is 11.5. The summed E-state index contributed by atoms with van der Waals surface area (Å²) in [5.74, 6) is -1.03. The summed E-state index contributed by atoms with van der Waals surface area (Å²) in [5.41, 5.74) is 1.27. The van der Waals surface area contributed by atoms with Gasteiger partial charge in [0, 0.05) is 5.69 Å². The van der Waals surface area contributed by atoms with Crippen molar-refractivity contribution in [2.75, 3.05) is 11.9 Å². The molecule has 0 atom stereocenters. The van der Waals surface area contributed by atoms with Crippen molar-refractivity contribution in [3.8, 4) is 0 Å². The van der Waals surface area contributed by atoms with Gasteiger partial charge in [0.1, 0.15) is 5.76 Å². The molecule has 0 spiro atoms. The van der Waals surface area contributed by atoms with Gasteiger partial charge in [-0.15, -0.1) is 0 Å². The predicted molar refractivity (Wildman–Crippen MR) is 75.4 cm³/mol. The fraction of sp³-hybridized carbons (Fsp3) is 0.200. The van der Waals surface area contributed by atoms with E-state index >= 15 is 0 Å². The monoisotopic (exact) mass is 289 g/mol. The molecular formula is C15H15NO5. The Kier molecular flexibility index (Phi) is 4.61. The standard InChI is InChI=1S/C15H15NO5/c1-2-20-15(19)10-3-5-11(6-4-10)16-9-12-7-8-13(21-12)14(17)18/h3-8,16H,2,9H2,1H3,(H,17,18). The van der Waals surface area contributed by atoms with E-state index < -0.39 is 5.97 Å². The number of carboxylic acid groups (broad SMARTS) is 1. The molecule has 0 bridgehead atoms. The van der Waals surface area contributed by atoms with Gasteiger partial charge in [-0.05, 0) is 43.3 Å². The molecule has 110 valence electrons. The van der Waals surface area contributed by atoms with Crippen LogP contribution in [-0.4, -0.2) is 23.7 Å². The normalized spacial score (nSPS) is 10.1. The molecule has 1 aromatic heterocycles. The highest BCUT2D eigenvalue weighted by Crippen LogP contribution is 2.14. The molecule has 1 heterocycles. The van der Waals surface area contributed by atoms with Crippen LogP contribution in [0.4, 0.5) is 5.69 Å². The Morgan fingerprint density at radius 2 is 1.90 bits per heavy atom. The molecule has 0 aliphatic carbocycles. The minimum atomic E-state index is -1.10. The quantitative estimate of drug-likeness (QED) is 0.795. The van der Waals surface area contributed by atoms with E-state index in [0.29, 0.717) is 24.5 Å². The maximum atomic E-state index is 11.5. The summed E-state index contributed by atoms with van der Waals surface area (Å²) in [6.45, 7) is 2.44. The van der Waals surface area contributed by atoms with Gasteiger partial charge in [0.15, 0.2) is 0 Å². The lowest BCUT2D eigenvalue weighted by molar-refractivity contribution is 0.0525. The second-order valence-electron chi connectivity index (χ2n) is 4.22. The van der Waals surface area contributed by atoms with Crippen molar-refractivity contribution in [3.63, 3.8) is 0 Å². The summed E-state index contributed by atoms with van der Waals surface area (Å²) in [4.78, 5) is 22.2. The van der Waals surface area contributed by atoms with Crippen molar-refractivity contribution < 1.29 is 23.8 Å². The van der Waals surface area contributed by atoms with Gasteiger partial charge in [0.05, 0.1) is 18.7 Å². The van der Waals surface area contributed by atoms with E-state index in [1.807, 2.05) is 0 Å². The molecule has 0 saturated carbocycles. The summed E-state index contributed by atoms with van der Waals surface area (Å²) in [6.07, 6.45) is 0. The summed E-state index contributed by atoms with van der Waals surface area (Å²) in [7, 11) is 0. The fourth-order valence-corrected chi connectivity index (χ4v) is 1.72. The highest BCUT2D eigenvalue weighted by atomic mass is 16.5. The van der Waals surface area contributed by atoms with Crippen LogP contribution in [0.3, 0.4) is 0 Å². The molecule has 21 heavy (non-hydrogen) atoms. The van der Waals surface area contributed by atoms with Gasteiger partial charge >= 0.3 is 11.9 Å². The smallest absolute Gasteiger partial charge is 0.371 e. The molecule has 0 saturated heterocycles. The SMILES string of the molecule is CCOC(=O)c1ccc(NCc2ccc(C(=O)O)o2)cc1. The number of carbonyl (C=O) groups excluding carboxylic acids is 1. The Labute approximate surface area is 121 Å². The lowest BCUT2D eigenvalue weighted by atomic mass is 10.2. The summed E-state index contributed by atoms with van der Waals surface area (Å²) in [5, 5.41) is 11.8. The number of carbonyl (C=O) groups is 2. The summed E-state index contributed by atoms with van der Waals surface area (Å²) < 4.78 is 10.0. The Balaban J connectivity index is 1.94. The summed E-state index contributed by atoms with van der Waals surface area (Å²) >= 11 is 0. The van der Waals surface area contributed by atoms with Crippen molar-refractivity contribution in [1.29, 1.82) is 0 Å². The van der Waals surface area contributed by atoms with Crippen LogP contribution in [0.25, 0.3) is 0 Å². The van der Waals surface area contributed by atoms with E-state index in [2.05, 4.69) is 5.32 Å². The van der Waals surface area contributed by atoms with Gasteiger partial charge in [-0.2, -0.15) is 0 Å². The molecule has 0 aliphatic heterocycles. The molecule has 6 nitrogen and oxygen atoms in total. The van der Waals surface area contributed by atoms with Crippen LogP contribution in [0.2, 0.25) is 0 Å². The maximum Gasteiger partial charge on any atom is 0.371 e. The molecule has 2 N–H and O–H groups in total. The minimum absolute atomic E-state index is 0.0931. The van der Waals surface area contributed by atoms with E-state index in [4.69, 9.17) is 14.3 Å². The third-order valence-electron chi connectivity index (χ3n) is 2.74. The molecule has 0 amide bonds. The highest BCUT2D eigenvalue weighted by Gasteiger charge is 2.09. The molecule has 0 radical (unpaired) electrons. The molecular weight excluding hydrogens is 274 g/mol. The minimum Gasteiger partial charge on any atom is -0.475 e. The first-order chi connectivity index (χ1) is 10.1. The van der Waals surface area contributed by atoms with Crippen LogP contribution in [0.1, 0.15) is 33.6 Å². The van der Waals surface area contributed by atoms with Gasteiger partial charge in [0.2, 0.25) is 5.76 Å². The van der Waals surface area contributed by atoms with E-state index in [-0.39, 0.29) is 11.7 Å². The number of hydrogen-bond donors (Lipinski definition) is 2. The van der Waals surface area contributed by atoms with Gasteiger partial charge in [-0.3, -0.25) is 0 Å². The average Bonchev–Trinajstić information content (AvgIpc) is 2.95. The first kappa shape index (κ1) is 14.6. The van der Waals surface area contributed by atoms with Crippen molar-refractivity contribution >= 4 is 17.6 Å². The van der Waals surface area contributed by atoms with E-state index in [0.717, 1.165) is 5.69 Å². The van der Waals surface area contributed by atoms with Crippen molar-refractivity contribution in [2.45, 2.75) is 13.5 Å². The van der Waals surface area contributed by atoms with Crippen molar-refractivity contribution in [3.05, 3.63) is 53.5 Å². The largest absolute Gasteiger partial charge is 0.475 e. The second-order valence-corrected chi connectivity index (χ2v) is 4.22. The first-order valence-corrected chi connectivity index (χ1v) is 6.43. The van der Waals surface area contributed by atoms with Crippen LogP contribution < -0.4 is 5.32 Å². The number of rotatable bonds is 6. The molecule has 2 rings (SSSR count). The fourth-order valence-electron chi connectivity index (χ4n) is 1.72. The van der Waals surface area contributed by atoms with Gasteiger partial charge in [0.25, 0.3) is 0 Å². The van der Waals surface area contributed by atoms with E-state index in [1.54, 1.807) is 37.3 Å². The number of nitrogens with one attached hydrogen (secondary N) is 1. The van der Waals surface area contributed by atoms with Crippen molar-refractivity contribution in [2.24, 2.45) is 0 Å². The predicted octanol–water partition coefficient (Wildman–Crippen LogP) is 2.77. The van der Waals surface area contributed by atoms with E-state index in [9.17, 15) is 9.59 Å². The topological polar surface area (TPSA) is 88.8 Å². The summed E-state index contributed by atoms with van der Waals surface area (Å²) in [6, 6.07) is 9.81. The average molecular weight is 289 g/mol. The van der Waals surface area contributed by atoms with E-state index in [1.165, 1.54) is 6.07 Å². The number of carboxylic acids is 1. The Morgan fingerprint density at radius 1 is 1.19 bits per heavy atom. The van der Waals surface area contributed by atoms with Crippen LogP contribution in [0, 0.1) is 0 Å². The number of benzene rings is 1. The van der Waals surface area contributed by atoms with Gasteiger partial charge in [-0.25, -0.2) is 9.59 Å². The first-order valence-electron chi connectivity index (χ1n) is 6.43. The zero-order chi connectivity index (χ0) is 15.2. The van der Waals surface area contributed by atoms with Crippen LogP contribution in [0.15, 0.2) is 40.8 Å². The Bertz CT molecular complexity index is 630.